The molecule has 0 aliphatic carbocycles. The maximum absolute atomic E-state index is 12.3. The minimum absolute atomic E-state index is 0.308. The van der Waals surface area contributed by atoms with Crippen molar-refractivity contribution in [1.29, 1.82) is 0 Å². The average Bonchev–Trinajstić information content (AvgIpc) is 2.81. The smallest absolute Gasteiger partial charge is 0.268 e. The first-order chi connectivity index (χ1) is 15.4. The number of aliphatic hydroxyl groups excluding tert-OH is 1. The van der Waals surface area contributed by atoms with E-state index in [0.29, 0.717) is 5.56 Å². The number of hydrogen-bond donors (Lipinski definition) is 5. The van der Waals surface area contributed by atoms with Gasteiger partial charge >= 0.3 is 0 Å². The third-order valence-electron chi connectivity index (χ3n) is 4.90. The van der Waals surface area contributed by atoms with Crippen molar-refractivity contribution < 1.29 is 19.9 Å². The molecule has 32 heavy (non-hydrogen) atoms. The Morgan fingerprint density at radius 2 is 1.56 bits per heavy atom. The predicted octanol–water partition coefficient (Wildman–Crippen LogP) is 2.35. The van der Waals surface area contributed by atoms with Crippen molar-refractivity contribution in [1.82, 2.24) is 16.1 Å². The van der Waals surface area contributed by atoms with Gasteiger partial charge in [0.2, 0.25) is 0 Å². The molecule has 0 aliphatic rings. The summed E-state index contributed by atoms with van der Waals surface area (Å²) in [6, 6.07) is 13.4. The van der Waals surface area contributed by atoms with Crippen molar-refractivity contribution in [2.45, 2.75) is 51.8 Å². The monoisotopic (exact) mass is 437 g/mol. The minimum Gasteiger partial charge on any atom is -0.391 e. The van der Waals surface area contributed by atoms with Gasteiger partial charge in [-0.25, -0.2) is 5.48 Å². The van der Waals surface area contributed by atoms with Gasteiger partial charge in [-0.1, -0.05) is 43.7 Å². The molecule has 0 aromatic heterocycles. The second kappa shape index (κ2) is 13.3. The van der Waals surface area contributed by atoms with Crippen LogP contribution in [0.1, 0.15) is 60.2 Å². The van der Waals surface area contributed by atoms with Crippen molar-refractivity contribution in [2.24, 2.45) is 0 Å². The first-order valence-corrected chi connectivity index (χ1v) is 10.8. The highest BCUT2D eigenvalue weighted by Crippen LogP contribution is 2.07. The lowest BCUT2D eigenvalue weighted by Gasteiger charge is -2.19. The molecule has 0 saturated carbocycles. The molecule has 0 saturated heterocycles. The van der Waals surface area contributed by atoms with E-state index >= 15 is 0 Å². The van der Waals surface area contributed by atoms with Crippen molar-refractivity contribution in [3.05, 3.63) is 70.8 Å². The molecule has 7 nitrogen and oxygen atoms in total. The summed E-state index contributed by atoms with van der Waals surface area (Å²) in [5.41, 5.74) is 4.59. The van der Waals surface area contributed by atoms with Crippen molar-refractivity contribution in [2.75, 3.05) is 6.54 Å². The molecule has 0 unspecified atom stereocenters. The SMILES string of the molecule is CCCCCNCc1ccc(C#Cc2ccc(C(=O)N[C@H](C(=O)NO)[C@@H](C)O)cc2)cc1. The Hall–Kier alpha value is -3.18. The highest BCUT2D eigenvalue weighted by atomic mass is 16.5. The van der Waals surface area contributed by atoms with Gasteiger partial charge in [0, 0.05) is 23.2 Å². The van der Waals surface area contributed by atoms with Crippen LogP contribution in [0.5, 0.6) is 0 Å². The predicted molar refractivity (Wildman–Crippen MR) is 123 cm³/mol. The molecule has 0 radical (unpaired) electrons. The van der Waals surface area contributed by atoms with Crippen LogP contribution < -0.4 is 16.1 Å². The van der Waals surface area contributed by atoms with E-state index < -0.39 is 24.0 Å². The summed E-state index contributed by atoms with van der Waals surface area (Å²) < 4.78 is 0. The summed E-state index contributed by atoms with van der Waals surface area (Å²) in [6.45, 7) is 5.41. The van der Waals surface area contributed by atoms with Crippen LogP contribution in [0.4, 0.5) is 0 Å². The average molecular weight is 438 g/mol. The van der Waals surface area contributed by atoms with Gasteiger partial charge in [0.05, 0.1) is 6.10 Å². The zero-order valence-corrected chi connectivity index (χ0v) is 18.5. The molecule has 0 bridgehead atoms. The minimum atomic E-state index is -1.26. The fraction of sp³-hybridized carbons (Fsp3) is 0.360. The number of hydroxylamine groups is 1. The number of amides is 2. The second-order valence-corrected chi connectivity index (χ2v) is 7.58. The maximum atomic E-state index is 12.3. The van der Waals surface area contributed by atoms with E-state index in [-0.39, 0.29) is 0 Å². The van der Waals surface area contributed by atoms with E-state index in [1.807, 2.05) is 12.1 Å². The Morgan fingerprint density at radius 1 is 0.969 bits per heavy atom. The standard InChI is InChI=1S/C25H31N3O4/c1-3-4-5-16-26-17-21-10-8-19(9-11-21)6-7-20-12-14-22(15-13-20)24(30)27-23(18(2)29)25(31)28-32/h8-15,18,23,26,29,32H,3-5,16-17H2,1-2H3,(H,27,30)(H,28,31)/t18-,23+/m1/s1. The van der Waals surface area contributed by atoms with Gasteiger partial charge in [-0.15, -0.1) is 0 Å². The Kier molecular flexibility index (Phi) is 10.4. The Balaban J connectivity index is 1.93. The number of nitrogens with one attached hydrogen (secondary N) is 3. The Bertz CT molecular complexity index is 928. The molecule has 2 aromatic rings. The van der Waals surface area contributed by atoms with Gasteiger partial charge in [-0.3, -0.25) is 14.8 Å². The molecule has 170 valence electrons. The highest BCUT2D eigenvalue weighted by molar-refractivity contribution is 5.97. The van der Waals surface area contributed by atoms with E-state index in [0.717, 1.165) is 24.2 Å². The summed E-state index contributed by atoms with van der Waals surface area (Å²) >= 11 is 0. The molecule has 0 spiro atoms. The largest absolute Gasteiger partial charge is 0.391 e. The van der Waals surface area contributed by atoms with E-state index in [1.54, 1.807) is 24.3 Å². The third kappa shape index (κ3) is 8.16. The Morgan fingerprint density at radius 3 is 2.09 bits per heavy atom. The second-order valence-electron chi connectivity index (χ2n) is 7.58. The van der Waals surface area contributed by atoms with Crippen LogP contribution in [-0.4, -0.2) is 40.8 Å². The molecule has 7 heteroatoms. The van der Waals surface area contributed by atoms with Crippen LogP contribution in [0.25, 0.3) is 0 Å². The molecule has 2 atom stereocenters. The van der Waals surface area contributed by atoms with Crippen molar-refractivity contribution in [3.63, 3.8) is 0 Å². The molecular formula is C25H31N3O4. The number of unbranched alkanes of at least 4 members (excludes halogenated alkanes) is 2. The van der Waals surface area contributed by atoms with E-state index in [2.05, 4.69) is 41.5 Å². The first kappa shape index (κ1) is 25.1. The van der Waals surface area contributed by atoms with Crippen LogP contribution >= 0.6 is 0 Å². The zero-order valence-electron chi connectivity index (χ0n) is 18.5. The number of rotatable bonds is 10. The number of carbonyl (C=O) groups excluding carboxylic acids is 2. The zero-order chi connectivity index (χ0) is 23.3. The maximum Gasteiger partial charge on any atom is 0.268 e. The quantitative estimate of drug-likeness (QED) is 0.170. The van der Waals surface area contributed by atoms with Gasteiger partial charge in [-0.05, 0) is 61.9 Å². The summed E-state index contributed by atoms with van der Waals surface area (Å²) in [6.07, 6.45) is 2.49. The van der Waals surface area contributed by atoms with Crippen LogP contribution in [0, 0.1) is 11.8 Å². The van der Waals surface area contributed by atoms with Gasteiger partial charge in [-0.2, -0.15) is 0 Å². The van der Waals surface area contributed by atoms with Crippen LogP contribution in [0.15, 0.2) is 48.5 Å². The van der Waals surface area contributed by atoms with Gasteiger partial charge in [0.1, 0.15) is 6.04 Å². The van der Waals surface area contributed by atoms with Crippen molar-refractivity contribution >= 4 is 11.8 Å². The number of benzene rings is 2. The van der Waals surface area contributed by atoms with Crippen LogP contribution in [0.2, 0.25) is 0 Å². The summed E-state index contributed by atoms with van der Waals surface area (Å²) in [5.74, 6) is 4.73. The number of aliphatic hydroxyl groups is 1. The molecule has 2 aromatic carbocycles. The number of hydrogen-bond acceptors (Lipinski definition) is 5. The van der Waals surface area contributed by atoms with E-state index in [9.17, 15) is 14.7 Å². The lowest BCUT2D eigenvalue weighted by molar-refractivity contribution is -0.133. The van der Waals surface area contributed by atoms with E-state index in [4.69, 9.17) is 5.21 Å². The summed E-state index contributed by atoms with van der Waals surface area (Å²) in [7, 11) is 0. The fourth-order valence-electron chi connectivity index (χ4n) is 2.99. The lowest BCUT2D eigenvalue weighted by atomic mass is 10.1. The highest BCUT2D eigenvalue weighted by Gasteiger charge is 2.25. The van der Waals surface area contributed by atoms with Gasteiger partial charge in [0.25, 0.3) is 11.8 Å². The third-order valence-corrected chi connectivity index (χ3v) is 4.90. The Labute approximate surface area is 189 Å². The van der Waals surface area contributed by atoms with Gasteiger partial charge < -0.3 is 15.7 Å². The molecule has 2 amide bonds. The molecule has 2 rings (SSSR count). The lowest BCUT2D eigenvalue weighted by Crippen LogP contribution is -2.51. The number of carbonyl (C=O) groups is 2. The summed E-state index contributed by atoms with van der Waals surface area (Å²) in [4.78, 5) is 23.9. The van der Waals surface area contributed by atoms with Gasteiger partial charge in [0.15, 0.2) is 0 Å². The van der Waals surface area contributed by atoms with Crippen molar-refractivity contribution in [3.8, 4) is 11.8 Å². The normalized spacial score (nSPS) is 12.2. The molecule has 0 heterocycles. The first-order valence-electron chi connectivity index (χ1n) is 10.8. The molecule has 0 aliphatic heterocycles. The molecule has 0 fully saturated rings. The van der Waals surface area contributed by atoms with Crippen LogP contribution in [-0.2, 0) is 11.3 Å². The molecule has 5 N–H and O–H groups in total. The fourth-order valence-corrected chi connectivity index (χ4v) is 2.99. The summed E-state index contributed by atoms with van der Waals surface area (Å²) in [5, 5.41) is 24.2. The molecular weight excluding hydrogens is 406 g/mol. The van der Waals surface area contributed by atoms with Crippen LogP contribution in [0.3, 0.4) is 0 Å². The topological polar surface area (TPSA) is 111 Å². The van der Waals surface area contributed by atoms with E-state index in [1.165, 1.54) is 37.2 Å².